The summed E-state index contributed by atoms with van der Waals surface area (Å²) in [7, 11) is 1.32. The maximum Gasteiger partial charge on any atom is 0.327 e. The molecule has 1 aromatic carbocycles. The molecule has 1 saturated heterocycles. The molecule has 18 heavy (non-hydrogen) atoms. The Morgan fingerprint density at radius 2 is 2.22 bits per heavy atom. The van der Waals surface area contributed by atoms with Crippen molar-refractivity contribution in [2.75, 3.05) is 20.3 Å². The van der Waals surface area contributed by atoms with Crippen molar-refractivity contribution in [3.63, 3.8) is 0 Å². The fourth-order valence-corrected chi connectivity index (χ4v) is 2.42. The number of benzene rings is 1. The SMILES string of the molecule is COC(=O)C1(C#N)CCOC[C@H]1c1ccccc1. The summed E-state index contributed by atoms with van der Waals surface area (Å²) in [6.45, 7) is 0.776. The zero-order chi connectivity index (χ0) is 13.0. The standard InChI is InChI=1S/C14H15NO3/c1-17-13(16)14(10-15)7-8-18-9-12(14)11-5-3-2-4-6-11/h2-6,12H,7-9H2,1H3/t12-,14?/m0/s1. The molecule has 4 heteroatoms. The molecule has 94 valence electrons. The van der Waals surface area contributed by atoms with E-state index in [0.29, 0.717) is 19.6 Å². The second kappa shape index (κ2) is 5.19. The first kappa shape index (κ1) is 12.6. The highest BCUT2D eigenvalue weighted by Gasteiger charge is 2.50. The molecule has 1 aliphatic rings. The average Bonchev–Trinajstić information content (AvgIpc) is 2.47. The summed E-state index contributed by atoms with van der Waals surface area (Å²) >= 11 is 0. The van der Waals surface area contributed by atoms with Gasteiger partial charge in [0.1, 0.15) is 0 Å². The van der Waals surface area contributed by atoms with Crippen molar-refractivity contribution >= 4 is 5.97 Å². The van der Waals surface area contributed by atoms with Crippen LogP contribution in [0.4, 0.5) is 0 Å². The molecule has 2 atom stereocenters. The van der Waals surface area contributed by atoms with Crippen molar-refractivity contribution in [3.05, 3.63) is 35.9 Å². The van der Waals surface area contributed by atoms with Gasteiger partial charge in [0.05, 0.1) is 19.8 Å². The van der Waals surface area contributed by atoms with E-state index in [9.17, 15) is 10.1 Å². The van der Waals surface area contributed by atoms with Gasteiger partial charge in [-0.3, -0.25) is 4.79 Å². The third-order valence-corrected chi connectivity index (χ3v) is 3.47. The number of ether oxygens (including phenoxy) is 2. The van der Waals surface area contributed by atoms with Gasteiger partial charge in [-0.05, 0) is 5.56 Å². The van der Waals surface area contributed by atoms with Gasteiger partial charge in [0.25, 0.3) is 0 Å². The van der Waals surface area contributed by atoms with E-state index in [4.69, 9.17) is 9.47 Å². The van der Waals surface area contributed by atoms with E-state index in [-0.39, 0.29) is 5.92 Å². The quantitative estimate of drug-likeness (QED) is 0.746. The van der Waals surface area contributed by atoms with Crippen LogP contribution in [0, 0.1) is 16.7 Å². The van der Waals surface area contributed by atoms with E-state index in [1.165, 1.54) is 7.11 Å². The summed E-state index contributed by atoms with van der Waals surface area (Å²) in [4.78, 5) is 12.0. The molecule has 0 aliphatic carbocycles. The lowest BCUT2D eigenvalue weighted by atomic mass is 9.70. The Morgan fingerprint density at radius 1 is 1.50 bits per heavy atom. The summed E-state index contributed by atoms with van der Waals surface area (Å²) in [5.41, 5.74) is -0.196. The third-order valence-electron chi connectivity index (χ3n) is 3.47. The zero-order valence-corrected chi connectivity index (χ0v) is 10.3. The molecule has 0 aromatic heterocycles. The lowest BCUT2D eigenvalue weighted by molar-refractivity contribution is -0.155. The van der Waals surface area contributed by atoms with Crippen LogP contribution in [0.5, 0.6) is 0 Å². The van der Waals surface area contributed by atoms with Crippen LogP contribution in [0.2, 0.25) is 0 Å². The molecular weight excluding hydrogens is 230 g/mol. The monoisotopic (exact) mass is 245 g/mol. The largest absolute Gasteiger partial charge is 0.468 e. The van der Waals surface area contributed by atoms with E-state index in [0.717, 1.165) is 5.56 Å². The van der Waals surface area contributed by atoms with Crippen molar-refractivity contribution in [1.82, 2.24) is 0 Å². The van der Waals surface area contributed by atoms with E-state index in [2.05, 4.69) is 6.07 Å². The van der Waals surface area contributed by atoms with Crippen LogP contribution in [-0.2, 0) is 14.3 Å². The second-order valence-electron chi connectivity index (χ2n) is 4.36. The number of methoxy groups -OCH3 is 1. The summed E-state index contributed by atoms with van der Waals surface area (Å²) in [6.07, 6.45) is 0.371. The number of hydrogen-bond donors (Lipinski definition) is 0. The van der Waals surface area contributed by atoms with Crippen LogP contribution in [-0.4, -0.2) is 26.3 Å². The smallest absolute Gasteiger partial charge is 0.327 e. The molecule has 0 spiro atoms. The van der Waals surface area contributed by atoms with Gasteiger partial charge in [-0.2, -0.15) is 5.26 Å². The van der Waals surface area contributed by atoms with Crippen LogP contribution in [0.25, 0.3) is 0 Å². The molecule has 0 amide bonds. The van der Waals surface area contributed by atoms with Crippen molar-refractivity contribution in [2.24, 2.45) is 5.41 Å². The predicted octanol–water partition coefficient (Wildman–Crippen LogP) is 1.87. The predicted molar refractivity (Wildman–Crippen MR) is 64.7 cm³/mol. The van der Waals surface area contributed by atoms with Crippen LogP contribution in [0.15, 0.2) is 30.3 Å². The van der Waals surface area contributed by atoms with Crippen LogP contribution in [0.1, 0.15) is 17.9 Å². The Balaban J connectivity index is 2.43. The molecule has 0 N–H and O–H groups in total. The number of nitrogens with zero attached hydrogens (tertiary/aromatic N) is 1. The molecule has 1 unspecified atom stereocenters. The Kier molecular flexibility index (Phi) is 3.63. The van der Waals surface area contributed by atoms with E-state index < -0.39 is 11.4 Å². The van der Waals surface area contributed by atoms with Gasteiger partial charge >= 0.3 is 5.97 Å². The molecule has 0 bridgehead atoms. The second-order valence-corrected chi connectivity index (χ2v) is 4.36. The van der Waals surface area contributed by atoms with Crippen LogP contribution < -0.4 is 0 Å². The van der Waals surface area contributed by atoms with Crippen molar-refractivity contribution in [3.8, 4) is 6.07 Å². The molecule has 1 heterocycles. The average molecular weight is 245 g/mol. The Hall–Kier alpha value is -1.86. The minimum atomic E-state index is -1.13. The topological polar surface area (TPSA) is 59.3 Å². The van der Waals surface area contributed by atoms with Gasteiger partial charge < -0.3 is 9.47 Å². The van der Waals surface area contributed by atoms with E-state index in [1.54, 1.807) is 0 Å². The van der Waals surface area contributed by atoms with E-state index >= 15 is 0 Å². The first-order valence-corrected chi connectivity index (χ1v) is 5.87. The fourth-order valence-electron chi connectivity index (χ4n) is 2.42. The van der Waals surface area contributed by atoms with Crippen LogP contribution >= 0.6 is 0 Å². The van der Waals surface area contributed by atoms with Crippen LogP contribution in [0.3, 0.4) is 0 Å². The summed E-state index contributed by atoms with van der Waals surface area (Å²) in [5, 5.41) is 9.47. The van der Waals surface area contributed by atoms with Crippen molar-refractivity contribution in [1.29, 1.82) is 5.26 Å². The van der Waals surface area contributed by atoms with Gasteiger partial charge in [-0.15, -0.1) is 0 Å². The van der Waals surface area contributed by atoms with Gasteiger partial charge in [0, 0.05) is 18.9 Å². The van der Waals surface area contributed by atoms with Gasteiger partial charge in [-0.1, -0.05) is 30.3 Å². The maximum absolute atomic E-state index is 12.0. The lowest BCUT2D eigenvalue weighted by Gasteiger charge is -2.36. The minimum absolute atomic E-state index is 0.273. The lowest BCUT2D eigenvalue weighted by Crippen LogP contribution is -2.43. The van der Waals surface area contributed by atoms with E-state index in [1.807, 2.05) is 30.3 Å². The minimum Gasteiger partial charge on any atom is -0.468 e. The normalized spacial score (nSPS) is 27.2. The van der Waals surface area contributed by atoms with Crippen molar-refractivity contribution in [2.45, 2.75) is 12.3 Å². The highest BCUT2D eigenvalue weighted by atomic mass is 16.5. The molecule has 4 nitrogen and oxygen atoms in total. The number of rotatable bonds is 2. The van der Waals surface area contributed by atoms with Gasteiger partial charge in [0.2, 0.25) is 0 Å². The summed E-state index contributed by atoms with van der Waals surface area (Å²) < 4.78 is 10.2. The first-order valence-electron chi connectivity index (χ1n) is 5.87. The first-order chi connectivity index (χ1) is 8.74. The molecule has 2 rings (SSSR count). The molecule has 1 aromatic rings. The van der Waals surface area contributed by atoms with Gasteiger partial charge in [0.15, 0.2) is 5.41 Å². The highest BCUT2D eigenvalue weighted by molar-refractivity contribution is 5.81. The number of carbonyl (C=O) groups is 1. The maximum atomic E-state index is 12.0. The zero-order valence-electron chi connectivity index (χ0n) is 10.3. The van der Waals surface area contributed by atoms with Crippen molar-refractivity contribution < 1.29 is 14.3 Å². The number of esters is 1. The fraction of sp³-hybridized carbons (Fsp3) is 0.429. The van der Waals surface area contributed by atoms with Gasteiger partial charge in [-0.25, -0.2) is 0 Å². The number of nitriles is 1. The number of hydrogen-bond acceptors (Lipinski definition) is 4. The Labute approximate surface area is 106 Å². The molecule has 1 aliphatic heterocycles. The Morgan fingerprint density at radius 3 is 2.83 bits per heavy atom. The highest BCUT2D eigenvalue weighted by Crippen LogP contribution is 2.42. The summed E-state index contributed by atoms with van der Waals surface area (Å²) in [5.74, 6) is -0.743. The third kappa shape index (κ3) is 1.98. The number of carbonyl (C=O) groups excluding carboxylic acids is 1. The molecule has 0 saturated carbocycles. The molecule has 0 radical (unpaired) electrons. The molecule has 1 fully saturated rings. The molecular formula is C14H15NO3. The Bertz CT molecular complexity index is 466. The summed E-state index contributed by atoms with van der Waals surface area (Å²) in [6, 6.07) is 11.7.